The van der Waals surface area contributed by atoms with Gasteiger partial charge in [-0.2, -0.15) is 0 Å². The summed E-state index contributed by atoms with van der Waals surface area (Å²) in [6, 6.07) is 4.39. The number of rotatable bonds is 3. The summed E-state index contributed by atoms with van der Waals surface area (Å²) < 4.78 is 5.34. The van der Waals surface area contributed by atoms with Gasteiger partial charge in [0.05, 0.1) is 12.3 Å². The van der Waals surface area contributed by atoms with Crippen molar-refractivity contribution >= 4 is 0 Å². The molecule has 0 saturated carbocycles. The molecule has 2 atom stereocenters. The first kappa shape index (κ1) is 11.6. The minimum absolute atomic E-state index is 0.00829. The van der Waals surface area contributed by atoms with Crippen molar-refractivity contribution in [1.82, 2.24) is 9.80 Å². The van der Waals surface area contributed by atoms with Crippen LogP contribution in [0.5, 0.6) is 0 Å². The Hall–Kier alpha value is -0.840. The molecule has 1 aliphatic rings. The molecule has 0 amide bonds. The molecular weight excluding hydrogens is 202 g/mol. The van der Waals surface area contributed by atoms with Crippen molar-refractivity contribution in [3.05, 3.63) is 24.2 Å². The van der Waals surface area contributed by atoms with Gasteiger partial charge in [0.15, 0.2) is 0 Å². The Kier molecular flexibility index (Phi) is 3.63. The Bertz CT molecular complexity index is 312. The normalized spacial score (nSPS) is 25.8. The lowest BCUT2D eigenvalue weighted by atomic mass is 10.0. The van der Waals surface area contributed by atoms with Gasteiger partial charge in [0.2, 0.25) is 0 Å². The van der Waals surface area contributed by atoms with Gasteiger partial charge in [-0.3, -0.25) is 0 Å². The molecule has 1 aromatic heterocycles. The summed E-state index contributed by atoms with van der Waals surface area (Å²) in [7, 11) is 4.34. The summed E-state index contributed by atoms with van der Waals surface area (Å²) in [5, 5.41) is 0. The van der Waals surface area contributed by atoms with Crippen LogP contribution in [-0.2, 0) is 0 Å². The van der Waals surface area contributed by atoms with Crippen LogP contribution >= 0.6 is 0 Å². The fourth-order valence-electron chi connectivity index (χ4n) is 2.27. The molecule has 90 valence electrons. The first-order valence-electron chi connectivity index (χ1n) is 5.84. The van der Waals surface area contributed by atoms with Crippen LogP contribution in [0.25, 0.3) is 0 Å². The number of nitrogens with zero attached hydrogens (tertiary/aromatic N) is 2. The first-order chi connectivity index (χ1) is 7.66. The lowest BCUT2D eigenvalue weighted by Gasteiger charge is -2.38. The second-order valence-electron chi connectivity index (χ2n) is 4.75. The van der Waals surface area contributed by atoms with E-state index in [-0.39, 0.29) is 6.04 Å². The van der Waals surface area contributed by atoms with Crippen molar-refractivity contribution in [2.75, 3.05) is 33.7 Å². The average molecular weight is 223 g/mol. The van der Waals surface area contributed by atoms with Crippen LogP contribution in [0.1, 0.15) is 18.2 Å². The minimum atomic E-state index is 0.00829. The maximum atomic E-state index is 6.14. The van der Waals surface area contributed by atoms with E-state index in [2.05, 4.69) is 23.9 Å². The highest BCUT2D eigenvalue weighted by Gasteiger charge is 2.25. The van der Waals surface area contributed by atoms with E-state index in [0.717, 1.165) is 31.8 Å². The average Bonchev–Trinajstić information content (AvgIpc) is 2.76. The smallest absolute Gasteiger partial charge is 0.120 e. The summed E-state index contributed by atoms with van der Waals surface area (Å²) in [5.41, 5.74) is 6.14. The van der Waals surface area contributed by atoms with Gasteiger partial charge in [-0.1, -0.05) is 0 Å². The Balaban J connectivity index is 1.93. The minimum Gasteiger partial charge on any atom is -0.468 e. The quantitative estimate of drug-likeness (QED) is 0.827. The van der Waals surface area contributed by atoms with Crippen molar-refractivity contribution in [2.45, 2.75) is 18.5 Å². The fraction of sp³-hybridized carbons (Fsp3) is 0.667. The highest BCUT2D eigenvalue weighted by Crippen LogP contribution is 2.20. The van der Waals surface area contributed by atoms with Crippen LogP contribution in [0.15, 0.2) is 22.8 Å². The molecule has 2 unspecified atom stereocenters. The van der Waals surface area contributed by atoms with Crippen LogP contribution in [0.4, 0.5) is 0 Å². The lowest BCUT2D eigenvalue weighted by molar-refractivity contribution is 0.102. The second-order valence-corrected chi connectivity index (χ2v) is 4.75. The Morgan fingerprint density at radius 3 is 3.00 bits per heavy atom. The summed E-state index contributed by atoms with van der Waals surface area (Å²) in [4.78, 5) is 4.75. The van der Waals surface area contributed by atoms with Gasteiger partial charge in [0, 0.05) is 25.7 Å². The fourth-order valence-corrected chi connectivity index (χ4v) is 2.27. The zero-order valence-electron chi connectivity index (χ0n) is 10.1. The molecule has 0 radical (unpaired) electrons. The predicted octanol–water partition coefficient (Wildman–Crippen LogP) is 0.915. The molecule has 1 aliphatic heterocycles. The Morgan fingerprint density at radius 2 is 2.31 bits per heavy atom. The van der Waals surface area contributed by atoms with Crippen molar-refractivity contribution in [3.63, 3.8) is 0 Å². The van der Waals surface area contributed by atoms with Gasteiger partial charge in [0.1, 0.15) is 5.76 Å². The molecular formula is C12H21N3O. The van der Waals surface area contributed by atoms with Crippen molar-refractivity contribution in [1.29, 1.82) is 0 Å². The SMILES string of the molecule is CN1CCN(C)C(CC(N)c2ccco2)C1. The Labute approximate surface area is 97.0 Å². The van der Waals surface area contributed by atoms with Gasteiger partial charge in [0.25, 0.3) is 0 Å². The largest absolute Gasteiger partial charge is 0.468 e. The monoisotopic (exact) mass is 223 g/mol. The summed E-state index contributed by atoms with van der Waals surface area (Å²) in [6.07, 6.45) is 2.64. The molecule has 4 nitrogen and oxygen atoms in total. The molecule has 0 aliphatic carbocycles. The van der Waals surface area contributed by atoms with E-state index in [4.69, 9.17) is 10.2 Å². The molecule has 0 spiro atoms. The van der Waals surface area contributed by atoms with E-state index in [9.17, 15) is 0 Å². The number of likely N-dealkylation sites (N-methyl/N-ethyl adjacent to an activating group) is 2. The second kappa shape index (κ2) is 4.99. The van der Waals surface area contributed by atoms with Gasteiger partial charge >= 0.3 is 0 Å². The molecule has 16 heavy (non-hydrogen) atoms. The van der Waals surface area contributed by atoms with Gasteiger partial charge in [-0.05, 0) is 32.6 Å². The third kappa shape index (κ3) is 2.64. The third-order valence-electron chi connectivity index (χ3n) is 3.41. The molecule has 4 heteroatoms. The van der Waals surface area contributed by atoms with E-state index in [1.54, 1.807) is 6.26 Å². The lowest BCUT2D eigenvalue weighted by Crippen LogP contribution is -2.50. The molecule has 1 fully saturated rings. The van der Waals surface area contributed by atoms with E-state index < -0.39 is 0 Å². The molecule has 0 bridgehead atoms. The van der Waals surface area contributed by atoms with E-state index >= 15 is 0 Å². The molecule has 2 heterocycles. The first-order valence-corrected chi connectivity index (χ1v) is 5.84. The van der Waals surface area contributed by atoms with Crippen molar-refractivity contribution in [3.8, 4) is 0 Å². The number of hydrogen-bond acceptors (Lipinski definition) is 4. The van der Waals surface area contributed by atoms with Gasteiger partial charge in [-0.25, -0.2) is 0 Å². The maximum absolute atomic E-state index is 6.14. The van der Waals surface area contributed by atoms with Gasteiger partial charge < -0.3 is 20.0 Å². The highest BCUT2D eigenvalue weighted by molar-refractivity contribution is 5.04. The summed E-state index contributed by atoms with van der Waals surface area (Å²) in [6.45, 7) is 3.35. The van der Waals surface area contributed by atoms with E-state index in [1.807, 2.05) is 12.1 Å². The molecule has 0 aromatic carbocycles. The van der Waals surface area contributed by atoms with E-state index in [1.165, 1.54) is 0 Å². The van der Waals surface area contributed by atoms with Crippen LogP contribution in [0.3, 0.4) is 0 Å². The standard InChI is InChI=1S/C12H21N3O/c1-14-5-6-15(2)10(9-14)8-11(13)12-4-3-7-16-12/h3-4,7,10-11H,5-6,8-9,13H2,1-2H3. The summed E-state index contributed by atoms with van der Waals surface area (Å²) in [5.74, 6) is 0.890. The maximum Gasteiger partial charge on any atom is 0.120 e. The molecule has 1 saturated heterocycles. The van der Waals surface area contributed by atoms with Crippen LogP contribution in [-0.4, -0.2) is 49.6 Å². The molecule has 2 rings (SSSR count). The predicted molar refractivity (Wildman–Crippen MR) is 64.2 cm³/mol. The number of hydrogen-bond donors (Lipinski definition) is 1. The number of furan rings is 1. The number of nitrogens with two attached hydrogens (primary N) is 1. The van der Waals surface area contributed by atoms with Crippen LogP contribution in [0.2, 0.25) is 0 Å². The highest BCUT2D eigenvalue weighted by atomic mass is 16.3. The van der Waals surface area contributed by atoms with Crippen molar-refractivity contribution < 1.29 is 4.42 Å². The van der Waals surface area contributed by atoms with Crippen LogP contribution in [0, 0.1) is 0 Å². The molecule has 1 aromatic rings. The topological polar surface area (TPSA) is 45.6 Å². The Morgan fingerprint density at radius 1 is 1.50 bits per heavy atom. The summed E-state index contributed by atoms with van der Waals surface area (Å²) >= 11 is 0. The third-order valence-corrected chi connectivity index (χ3v) is 3.41. The van der Waals surface area contributed by atoms with Crippen molar-refractivity contribution in [2.24, 2.45) is 5.73 Å². The molecule has 2 N–H and O–H groups in total. The van der Waals surface area contributed by atoms with Crippen LogP contribution < -0.4 is 5.73 Å². The zero-order valence-corrected chi connectivity index (χ0v) is 10.1. The number of piperazine rings is 1. The van der Waals surface area contributed by atoms with Gasteiger partial charge in [-0.15, -0.1) is 0 Å². The van der Waals surface area contributed by atoms with E-state index in [0.29, 0.717) is 6.04 Å². The zero-order chi connectivity index (χ0) is 11.5.